The normalized spacial score (nSPS) is 16.9. The van der Waals surface area contributed by atoms with Crippen molar-refractivity contribution < 1.29 is 8.42 Å². The van der Waals surface area contributed by atoms with Crippen LogP contribution >= 0.6 is 0 Å². The number of sulfonamides is 1. The lowest BCUT2D eigenvalue weighted by Crippen LogP contribution is -2.30. The van der Waals surface area contributed by atoms with Gasteiger partial charge in [-0.3, -0.25) is 0 Å². The molecule has 0 aliphatic heterocycles. The summed E-state index contributed by atoms with van der Waals surface area (Å²) in [6.45, 7) is 3.58. The van der Waals surface area contributed by atoms with Gasteiger partial charge in [0.15, 0.2) is 0 Å². The van der Waals surface area contributed by atoms with Crippen molar-refractivity contribution in [2.75, 3.05) is 25.9 Å². The molecule has 0 unspecified atom stereocenters. The van der Waals surface area contributed by atoms with Crippen LogP contribution in [0.1, 0.15) is 39.0 Å². The van der Waals surface area contributed by atoms with Crippen molar-refractivity contribution in [3.8, 4) is 0 Å². The molecule has 0 heterocycles. The van der Waals surface area contributed by atoms with E-state index in [9.17, 15) is 8.42 Å². The SMILES string of the molecule is CCCN(C)S(=O)(=O)CCCCNC1CC1. The second-order valence-electron chi connectivity index (χ2n) is 4.57. The number of nitrogens with one attached hydrogen (secondary N) is 1. The van der Waals surface area contributed by atoms with E-state index in [1.54, 1.807) is 7.05 Å². The number of hydrogen-bond acceptors (Lipinski definition) is 3. The molecular weight excluding hydrogens is 224 g/mol. The van der Waals surface area contributed by atoms with Gasteiger partial charge in [-0.2, -0.15) is 0 Å². The van der Waals surface area contributed by atoms with Crippen molar-refractivity contribution in [1.29, 1.82) is 0 Å². The predicted molar refractivity (Wildman–Crippen MR) is 67.0 cm³/mol. The molecule has 0 atom stereocenters. The number of unbranched alkanes of at least 4 members (excludes halogenated alkanes) is 1. The first kappa shape index (κ1) is 13.9. The van der Waals surface area contributed by atoms with Gasteiger partial charge in [-0.1, -0.05) is 6.92 Å². The summed E-state index contributed by atoms with van der Waals surface area (Å²) in [5.74, 6) is 0.288. The van der Waals surface area contributed by atoms with Gasteiger partial charge in [0.1, 0.15) is 0 Å². The summed E-state index contributed by atoms with van der Waals surface area (Å²) >= 11 is 0. The molecule has 96 valence electrons. The minimum atomic E-state index is -3.00. The molecule has 16 heavy (non-hydrogen) atoms. The molecule has 4 nitrogen and oxygen atoms in total. The summed E-state index contributed by atoms with van der Waals surface area (Å²) in [4.78, 5) is 0. The largest absolute Gasteiger partial charge is 0.314 e. The summed E-state index contributed by atoms with van der Waals surface area (Å²) < 4.78 is 24.9. The Balaban J connectivity index is 2.09. The molecule has 0 bridgehead atoms. The second kappa shape index (κ2) is 6.57. The van der Waals surface area contributed by atoms with Crippen molar-refractivity contribution in [3.63, 3.8) is 0 Å². The molecule has 1 aliphatic carbocycles. The average molecular weight is 248 g/mol. The Kier molecular flexibility index (Phi) is 5.72. The van der Waals surface area contributed by atoms with Crippen LogP contribution in [-0.4, -0.2) is 44.7 Å². The number of rotatable bonds is 9. The molecule has 0 saturated heterocycles. The third kappa shape index (κ3) is 5.27. The molecule has 1 fully saturated rings. The Morgan fingerprint density at radius 3 is 2.56 bits per heavy atom. The van der Waals surface area contributed by atoms with Gasteiger partial charge in [-0.05, 0) is 38.6 Å². The van der Waals surface area contributed by atoms with Crippen LogP contribution in [0.25, 0.3) is 0 Å². The lowest BCUT2D eigenvalue weighted by Gasteiger charge is -2.15. The summed E-state index contributed by atoms with van der Waals surface area (Å²) in [5, 5.41) is 3.39. The van der Waals surface area contributed by atoms with Gasteiger partial charge >= 0.3 is 0 Å². The molecule has 5 heteroatoms. The zero-order valence-electron chi connectivity index (χ0n) is 10.4. The molecule has 0 aromatic carbocycles. The van der Waals surface area contributed by atoms with Crippen molar-refractivity contribution in [1.82, 2.24) is 9.62 Å². The van der Waals surface area contributed by atoms with E-state index in [0.29, 0.717) is 6.54 Å². The Labute approximate surface area is 99.5 Å². The second-order valence-corrected chi connectivity index (χ2v) is 6.77. The lowest BCUT2D eigenvalue weighted by molar-refractivity contribution is 0.466. The van der Waals surface area contributed by atoms with Crippen LogP contribution in [0.4, 0.5) is 0 Å². The van der Waals surface area contributed by atoms with Crippen molar-refractivity contribution >= 4 is 10.0 Å². The highest BCUT2D eigenvalue weighted by atomic mass is 32.2. The molecule has 0 aromatic rings. The van der Waals surface area contributed by atoms with Gasteiger partial charge in [0, 0.05) is 19.6 Å². The maximum atomic E-state index is 11.7. The maximum absolute atomic E-state index is 11.7. The van der Waals surface area contributed by atoms with Crippen LogP contribution in [0.5, 0.6) is 0 Å². The fraction of sp³-hybridized carbons (Fsp3) is 1.00. The van der Waals surface area contributed by atoms with Crippen molar-refractivity contribution in [3.05, 3.63) is 0 Å². The zero-order chi connectivity index (χ0) is 12.0. The molecule has 1 rings (SSSR count). The maximum Gasteiger partial charge on any atom is 0.213 e. The number of hydrogen-bond donors (Lipinski definition) is 1. The van der Waals surface area contributed by atoms with Gasteiger partial charge in [0.05, 0.1) is 5.75 Å². The van der Waals surface area contributed by atoms with Crippen LogP contribution in [-0.2, 0) is 10.0 Å². The van der Waals surface area contributed by atoms with Gasteiger partial charge in [-0.15, -0.1) is 0 Å². The van der Waals surface area contributed by atoms with E-state index in [1.165, 1.54) is 17.1 Å². The van der Waals surface area contributed by atoms with E-state index in [0.717, 1.165) is 31.8 Å². The lowest BCUT2D eigenvalue weighted by atomic mass is 10.3. The molecule has 0 radical (unpaired) electrons. The Hall–Kier alpha value is -0.130. The van der Waals surface area contributed by atoms with E-state index in [2.05, 4.69) is 5.32 Å². The minimum Gasteiger partial charge on any atom is -0.314 e. The van der Waals surface area contributed by atoms with Gasteiger partial charge in [-0.25, -0.2) is 12.7 Å². The molecule has 0 spiro atoms. The first-order valence-corrected chi connectivity index (χ1v) is 7.84. The predicted octanol–water partition coefficient (Wildman–Crippen LogP) is 1.19. The molecule has 0 amide bonds. The summed E-state index contributed by atoms with van der Waals surface area (Å²) in [7, 11) is -1.33. The van der Waals surface area contributed by atoms with E-state index in [-0.39, 0.29) is 5.75 Å². The quantitative estimate of drug-likeness (QED) is 0.624. The highest BCUT2D eigenvalue weighted by molar-refractivity contribution is 7.89. The third-order valence-electron chi connectivity index (χ3n) is 2.85. The molecular formula is C11H24N2O2S. The van der Waals surface area contributed by atoms with E-state index in [1.807, 2.05) is 6.92 Å². The highest BCUT2D eigenvalue weighted by Gasteiger charge is 2.20. The standard InChI is InChI=1S/C11H24N2O2S/c1-3-9-13(2)16(14,15)10-5-4-8-12-11-6-7-11/h11-12H,3-10H2,1-2H3. The van der Waals surface area contributed by atoms with Crippen LogP contribution in [0.2, 0.25) is 0 Å². The fourth-order valence-corrected chi connectivity index (χ4v) is 2.95. The molecule has 1 N–H and O–H groups in total. The van der Waals surface area contributed by atoms with E-state index in [4.69, 9.17) is 0 Å². The Morgan fingerprint density at radius 2 is 2.00 bits per heavy atom. The van der Waals surface area contributed by atoms with Crippen LogP contribution in [0.15, 0.2) is 0 Å². The van der Waals surface area contributed by atoms with Crippen molar-refractivity contribution in [2.24, 2.45) is 0 Å². The smallest absolute Gasteiger partial charge is 0.213 e. The minimum absolute atomic E-state index is 0.288. The average Bonchev–Trinajstić information content (AvgIpc) is 3.01. The van der Waals surface area contributed by atoms with E-state index < -0.39 is 10.0 Å². The summed E-state index contributed by atoms with van der Waals surface area (Å²) in [5.41, 5.74) is 0. The highest BCUT2D eigenvalue weighted by Crippen LogP contribution is 2.18. The Morgan fingerprint density at radius 1 is 1.31 bits per heavy atom. The van der Waals surface area contributed by atoms with E-state index >= 15 is 0 Å². The first-order valence-electron chi connectivity index (χ1n) is 6.23. The Bertz CT molecular complexity index is 286. The van der Waals surface area contributed by atoms with Crippen molar-refractivity contribution in [2.45, 2.75) is 45.1 Å². The number of nitrogens with zero attached hydrogens (tertiary/aromatic N) is 1. The summed E-state index contributed by atoms with van der Waals surface area (Å²) in [6.07, 6.45) is 5.17. The molecule has 1 aliphatic rings. The zero-order valence-corrected chi connectivity index (χ0v) is 11.2. The van der Waals surface area contributed by atoms with Crippen LogP contribution in [0, 0.1) is 0 Å². The summed E-state index contributed by atoms with van der Waals surface area (Å²) in [6, 6.07) is 0.722. The third-order valence-corrected chi connectivity index (χ3v) is 4.79. The first-order chi connectivity index (χ1) is 7.56. The topological polar surface area (TPSA) is 49.4 Å². The monoisotopic (exact) mass is 248 g/mol. The van der Waals surface area contributed by atoms with Crippen LogP contribution < -0.4 is 5.32 Å². The van der Waals surface area contributed by atoms with Gasteiger partial charge < -0.3 is 5.32 Å². The molecule has 0 aromatic heterocycles. The van der Waals surface area contributed by atoms with Gasteiger partial charge in [0.25, 0.3) is 0 Å². The van der Waals surface area contributed by atoms with Crippen LogP contribution in [0.3, 0.4) is 0 Å². The van der Waals surface area contributed by atoms with Gasteiger partial charge in [0.2, 0.25) is 10.0 Å². The fourth-order valence-electron chi connectivity index (χ4n) is 1.61. The molecule has 1 saturated carbocycles.